The molecule has 1 heterocycles. The molecule has 0 aliphatic rings. The number of benzene rings is 2. The number of aryl methyl sites for hydroxylation is 1. The Hall–Kier alpha value is -2.52. The summed E-state index contributed by atoms with van der Waals surface area (Å²) < 4.78 is 57.0. The van der Waals surface area contributed by atoms with E-state index >= 15 is 0 Å². The van der Waals surface area contributed by atoms with Crippen LogP contribution in [0, 0.1) is 12.7 Å². The van der Waals surface area contributed by atoms with Gasteiger partial charge in [0.2, 0.25) is 5.82 Å². The maximum Gasteiger partial charge on any atom is 0.449 e. The molecule has 5 nitrogen and oxygen atoms in total. The number of nitrogens with one attached hydrogen (secondary N) is 2. The topological polar surface area (TPSA) is 81.4 Å². The highest BCUT2D eigenvalue weighted by Crippen LogP contribution is 2.31. The van der Waals surface area contributed by atoms with E-state index in [2.05, 4.69) is 15.3 Å². The Morgan fingerprint density at radius 3 is 2.63 bits per heavy atom. The van der Waals surface area contributed by atoms with Crippen LogP contribution in [0.4, 0.5) is 23.2 Å². The average molecular weight is 408 g/mol. The summed E-state index contributed by atoms with van der Waals surface area (Å²) in [7, 11) is 0. The minimum Gasteiger partial charge on any atom is -0.489 e. The number of aromatic nitrogens is 2. The third kappa shape index (κ3) is 5.24. The molecule has 27 heavy (non-hydrogen) atoms. The second-order valence-electron chi connectivity index (χ2n) is 5.47. The van der Waals surface area contributed by atoms with Crippen molar-refractivity contribution in [2.24, 2.45) is 0 Å². The normalized spacial score (nSPS) is 10.9. The van der Waals surface area contributed by atoms with E-state index in [4.69, 9.17) is 4.74 Å². The van der Waals surface area contributed by atoms with Crippen molar-refractivity contribution < 1.29 is 27.8 Å². The zero-order valence-corrected chi connectivity index (χ0v) is 15.0. The summed E-state index contributed by atoms with van der Waals surface area (Å²) in [6.45, 7) is 2.38. The molecule has 10 heteroatoms. The summed E-state index contributed by atoms with van der Waals surface area (Å²) in [6.07, 6.45) is -4.55. The number of rotatable bonds is 5. The largest absolute Gasteiger partial charge is 0.489 e. The number of para-hydroxylation sites is 1. The predicted molar refractivity (Wildman–Crippen MR) is 97.1 cm³/mol. The fraction of sp³-hybridized carbons (Fsp3) is 0.235. The molecule has 3 aromatic rings. The monoisotopic (exact) mass is 407 g/mol. The molecule has 0 aliphatic heterocycles. The number of hydrogen-bond donors (Lipinski definition) is 2. The van der Waals surface area contributed by atoms with Gasteiger partial charge in [0.15, 0.2) is 0 Å². The Bertz CT molecular complexity index is 900. The number of alkyl halides is 3. The Kier molecular flexibility index (Phi) is 7.44. The first-order chi connectivity index (χ1) is 11.8. The number of hydrogen-bond acceptors (Lipinski definition) is 3. The molecule has 1 aromatic heterocycles. The molecule has 4 N–H and O–H groups in total. The van der Waals surface area contributed by atoms with Crippen LogP contribution in [0.3, 0.4) is 0 Å². The van der Waals surface area contributed by atoms with Crippen LogP contribution in [-0.2, 0) is 6.18 Å². The first kappa shape index (κ1) is 22.5. The summed E-state index contributed by atoms with van der Waals surface area (Å²) in [5, 5.41) is 3.03. The molecule has 148 valence electrons. The number of nitrogens with zero attached hydrogens (tertiary/aromatic N) is 1. The third-order valence-electron chi connectivity index (χ3n) is 3.62. The molecular weight excluding hydrogens is 390 g/mol. The first-order valence-corrected chi connectivity index (χ1v) is 7.53. The van der Waals surface area contributed by atoms with E-state index in [0.29, 0.717) is 12.2 Å². The Morgan fingerprint density at radius 2 is 1.93 bits per heavy atom. The smallest absolute Gasteiger partial charge is 0.449 e. The number of fused-ring (bicyclic) bond motifs is 1. The van der Waals surface area contributed by atoms with Gasteiger partial charge in [-0.25, -0.2) is 9.37 Å². The minimum atomic E-state index is -4.55. The minimum absolute atomic E-state index is 0. The van der Waals surface area contributed by atoms with Gasteiger partial charge in [-0.15, -0.1) is 12.4 Å². The van der Waals surface area contributed by atoms with Crippen LogP contribution in [0.5, 0.6) is 5.75 Å². The van der Waals surface area contributed by atoms with Crippen LogP contribution in [0.2, 0.25) is 0 Å². The zero-order chi connectivity index (χ0) is 18.0. The van der Waals surface area contributed by atoms with E-state index < -0.39 is 12.0 Å². The fourth-order valence-electron chi connectivity index (χ4n) is 2.39. The maximum absolute atomic E-state index is 13.2. The lowest BCUT2D eigenvalue weighted by atomic mass is 10.2. The second kappa shape index (κ2) is 8.92. The zero-order valence-electron chi connectivity index (χ0n) is 14.2. The third-order valence-corrected chi connectivity index (χ3v) is 3.62. The van der Waals surface area contributed by atoms with E-state index in [1.807, 2.05) is 6.92 Å². The fourth-order valence-corrected chi connectivity index (χ4v) is 2.39. The van der Waals surface area contributed by atoms with Crippen LogP contribution in [0.1, 0.15) is 11.4 Å². The highest BCUT2D eigenvalue weighted by molar-refractivity contribution is 5.85. The van der Waals surface area contributed by atoms with Gasteiger partial charge in [-0.3, -0.25) is 0 Å². The van der Waals surface area contributed by atoms with Gasteiger partial charge in [-0.05, 0) is 36.8 Å². The lowest BCUT2D eigenvalue weighted by Gasteiger charge is -2.11. The van der Waals surface area contributed by atoms with Crippen LogP contribution >= 0.6 is 12.4 Å². The summed E-state index contributed by atoms with van der Waals surface area (Å²) in [4.78, 5) is 5.80. The van der Waals surface area contributed by atoms with E-state index in [1.165, 1.54) is 18.2 Å². The van der Waals surface area contributed by atoms with Crippen LogP contribution in [0.15, 0.2) is 36.4 Å². The van der Waals surface area contributed by atoms with Gasteiger partial charge in [-0.2, -0.15) is 13.2 Å². The van der Waals surface area contributed by atoms with Gasteiger partial charge in [0.1, 0.15) is 23.7 Å². The molecule has 0 amide bonds. The van der Waals surface area contributed by atoms with E-state index in [1.54, 1.807) is 18.2 Å². The van der Waals surface area contributed by atoms with E-state index in [-0.39, 0.29) is 47.1 Å². The summed E-state index contributed by atoms with van der Waals surface area (Å²) in [5.74, 6) is -1.16. The Morgan fingerprint density at radius 1 is 1.19 bits per heavy atom. The number of anilines is 1. The molecule has 0 atom stereocenters. The Labute approximate surface area is 158 Å². The van der Waals surface area contributed by atoms with Gasteiger partial charge < -0.3 is 20.5 Å². The first-order valence-electron chi connectivity index (χ1n) is 7.53. The lowest BCUT2D eigenvalue weighted by Crippen LogP contribution is -2.12. The lowest BCUT2D eigenvalue weighted by molar-refractivity contribution is -0.144. The van der Waals surface area contributed by atoms with Crippen molar-refractivity contribution in [3.8, 4) is 5.75 Å². The standard InChI is InChI=1S/C17H15F4N3O.ClH.H2O/c1-10-5-6-11(18)9-13(10)22-7-8-25-14-4-2-3-12-15(14)24-16(23-12)17(19,20)21;;/h2-6,9,22H,7-8H2,1H3,(H,23,24);1H;1H2. The van der Waals surface area contributed by atoms with Crippen molar-refractivity contribution in [1.82, 2.24) is 9.97 Å². The van der Waals surface area contributed by atoms with Crippen molar-refractivity contribution in [2.45, 2.75) is 13.1 Å². The van der Waals surface area contributed by atoms with Crippen LogP contribution in [0.25, 0.3) is 11.0 Å². The molecule has 0 aliphatic carbocycles. The summed E-state index contributed by atoms with van der Waals surface area (Å²) in [6, 6.07) is 9.03. The van der Waals surface area contributed by atoms with Crippen molar-refractivity contribution in [2.75, 3.05) is 18.5 Å². The highest BCUT2D eigenvalue weighted by atomic mass is 35.5. The van der Waals surface area contributed by atoms with Gasteiger partial charge in [-0.1, -0.05) is 12.1 Å². The van der Waals surface area contributed by atoms with Crippen molar-refractivity contribution in [1.29, 1.82) is 0 Å². The molecule has 0 spiro atoms. The van der Waals surface area contributed by atoms with E-state index in [9.17, 15) is 17.6 Å². The molecule has 3 rings (SSSR count). The number of halogens is 5. The second-order valence-corrected chi connectivity index (χ2v) is 5.47. The van der Waals surface area contributed by atoms with Crippen molar-refractivity contribution >= 4 is 29.1 Å². The van der Waals surface area contributed by atoms with E-state index in [0.717, 1.165) is 5.56 Å². The molecule has 0 fully saturated rings. The van der Waals surface area contributed by atoms with Crippen LogP contribution < -0.4 is 10.1 Å². The van der Waals surface area contributed by atoms with Crippen LogP contribution in [-0.4, -0.2) is 28.6 Å². The quantitative estimate of drug-likeness (QED) is 0.493. The van der Waals surface area contributed by atoms with Gasteiger partial charge in [0.05, 0.1) is 5.52 Å². The van der Waals surface area contributed by atoms with Gasteiger partial charge in [0, 0.05) is 12.2 Å². The Balaban J connectivity index is 0.00000182. The SMILES string of the molecule is Cc1ccc(F)cc1NCCOc1cccc2[nH]c(C(F)(F)F)nc12.Cl.O. The average Bonchev–Trinajstić information content (AvgIpc) is 3.00. The molecule has 0 radical (unpaired) electrons. The van der Waals surface area contributed by atoms with Crippen molar-refractivity contribution in [3.63, 3.8) is 0 Å². The van der Waals surface area contributed by atoms with Gasteiger partial charge >= 0.3 is 6.18 Å². The maximum atomic E-state index is 13.2. The number of ether oxygens (including phenoxy) is 1. The molecule has 0 saturated heterocycles. The molecule has 0 unspecified atom stereocenters. The molecule has 0 bridgehead atoms. The van der Waals surface area contributed by atoms with Crippen molar-refractivity contribution in [3.05, 3.63) is 53.6 Å². The highest BCUT2D eigenvalue weighted by Gasteiger charge is 2.35. The van der Waals surface area contributed by atoms with Gasteiger partial charge in [0.25, 0.3) is 0 Å². The summed E-state index contributed by atoms with van der Waals surface area (Å²) in [5.41, 5.74) is 1.89. The molecule has 2 aromatic carbocycles. The number of H-pyrrole nitrogens is 1. The molecular formula is C17H18ClF4N3O2. The number of aromatic amines is 1. The molecule has 0 saturated carbocycles. The summed E-state index contributed by atoms with van der Waals surface area (Å²) >= 11 is 0. The number of imidazole rings is 1. The predicted octanol–water partition coefficient (Wildman–Crippen LogP) is 4.12.